The second-order valence-corrected chi connectivity index (χ2v) is 7.54. The molecule has 10 heteroatoms. The van der Waals surface area contributed by atoms with Gasteiger partial charge in [-0.05, 0) is 30.3 Å². The molecule has 8 nitrogen and oxygen atoms in total. The number of rotatable bonds is 6. The van der Waals surface area contributed by atoms with E-state index < -0.39 is 16.0 Å². The topological polar surface area (TPSA) is 118 Å². The van der Waals surface area contributed by atoms with Crippen molar-refractivity contribution < 1.29 is 23.1 Å². The third-order valence-electron chi connectivity index (χ3n) is 3.38. The first-order valence-corrected chi connectivity index (χ1v) is 9.57. The number of ether oxygens (including phenoxy) is 1. The first kappa shape index (κ1) is 17.8. The molecule has 0 radical (unpaired) electrons. The Labute approximate surface area is 153 Å². The predicted octanol–water partition coefficient (Wildman–Crippen LogP) is 2.71. The summed E-state index contributed by atoms with van der Waals surface area (Å²) in [5.74, 6) is -1.04. The Morgan fingerprint density at radius 2 is 1.96 bits per heavy atom. The van der Waals surface area contributed by atoms with Crippen LogP contribution in [0.3, 0.4) is 0 Å². The van der Waals surface area contributed by atoms with Gasteiger partial charge in [-0.2, -0.15) is 8.42 Å². The van der Waals surface area contributed by atoms with Crippen LogP contribution >= 0.6 is 11.3 Å². The lowest BCUT2D eigenvalue weighted by Crippen LogP contribution is -2.14. The average Bonchev–Trinajstić information content (AvgIpc) is 3.13. The van der Waals surface area contributed by atoms with Gasteiger partial charge in [0, 0.05) is 23.3 Å². The van der Waals surface area contributed by atoms with E-state index in [4.69, 9.17) is 9.84 Å². The number of thiazole rings is 1. The molecule has 0 saturated heterocycles. The number of hydrogen-bond donors (Lipinski definition) is 2. The monoisotopic (exact) mass is 391 g/mol. The molecule has 0 spiro atoms. The summed E-state index contributed by atoms with van der Waals surface area (Å²) in [6.45, 7) is 0. The Hall–Kier alpha value is -2.98. The average molecular weight is 391 g/mol. The summed E-state index contributed by atoms with van der Waals surface area (Å²) in [4.78, 5) is 19.1. The Morgan fingerprint density at radius 3 is 2.62 bits per heavy atom. The number of hydrogen-bond acceptors (Lipinski definition) is 7. The number of carbonyl (C=O) groups is 1. The Bertz CT molecular complexity index is 1050. The quantitative estimate of drug-likeness (QED) is 0.663. The molecular weight excluding hydrogens is 378 g/mol. The predicted molar refractivity (Wildman–Crippen MR) is 96.1 cm³/mol. The smallest absolute Gasteiger partial charge is 0.335 e. The van der Waals surface area contributed by atoms with Crippen molar-refractivity contribution in [1.82, 2.24) is 9.97 Å². The molecule has 0 unspecified atom stereocenters. The number of benzene rings is 1. The Balaban J connectivity index is 1.90. The van der Waals surface area contributed by atoms with Crippen molar-refractivity contribution in [3.05, 3.63) is 53.7 Å². The molecule has 2 N–H and O–H groups in total. The van der Waals surface area contributed by atoms with Gasteiger partial charge in [0.25, 0.3) is 10.0 Å². The van der Waals surface area contributed by atoms with Crippen molar-refractivity contribution in [2.24, 2.45) is 0 Å². The van der Waals surface area contributed by atoms with Crippen LogP contribution in [0.5, 0.6) is 5.75 Å². The number of anilines is 1. The van der Waals surface area contributed by atoms with Gasteiger partial charge in [-0.1, -0.05) is 0 Å². The third kappa shape index (κ3) is 3.65. The number of sulfonamides is 1. The van der Waals surface area contributed by atoms with Crippen LogP contribution in [0.25, 0.3) is 10.6 Å². The Kier molecular flexibility index (Phi) is 4.87. The summed E-state index contributed by atoms with van der Waals surface area (Å²) < 4.78 is 32.6. The van der Waals surface area contributed by atoms with Gasteiger partial charge in [0.05, 0.1) is 18.4 Å². The molecule has 0 saturated carbocycles. The molecule has 3 rings (SSSR count). The second kappa shape index (κ2) is 7.10. The molecule has 26 heavy (non-hydrogen) atoms. The number of nitrogens with one attached hydrogen (secondary N) is 1. The summed E-state index contributed by atoms with van der Waals surface area (Å²) in [5.41, 5.74) is 0.865. The normalized spacial score (nSPS) is 11.1. The van der Waals surface area contributed by atoms with E-state index in [1.165, 1.54) is 42.0 Å². The minimum atomic E-state index is -3.96. The summed E-state index contributed by atoms with van der Waals surface area (Å²) in [5, 5.41) is 10.8. The van der Waals surface area contributed by atoms with E-state index in [0.29, 0.717) is 5.01 Å². The van der Waals surface area contributed by atoms with E-state index >= 15 is 0 Å². The van der Waals surface area contributed by atoms with Crippen LogP contribution in [0.1, 0.15) is 10.4 Å². The van der Waals surface area contributed by atoms with E-state index in [2.05, 4.69) is 14.7 Å². The Morgan fingerprint density at radius 1 is 1.23 bits per heavy atom. The SMILES string of the molecule is COc1cc(C(=O)O)ccc1NS(=O)(=O)c1csc(-c2ccncc2)n1. The van der Waals surface area contributed by atoms with Crippen molar-refractivity contribution in [2.75, 3.05) is 11.8 Å². The molecular formula is C16H13N3O5S2. The number of aromatic carboxylic acids is 1. The number of carboxylic acid groups (broad SMARTS) is 1. The third-order valence-corrected chi connectivity index (χ3v) is 5.67. The molecule has 1 aromatic carbocycles. The highest BCUT2D eigenvalue weighted by Gasteiger charge is 2.21. The van der Waals surface area contributed by atoms with Crippen LogP contribution in [0.15, 0.2) is 53.1 Å². The van der Waals surface area contributed by atoms with Gasteiger partial charge in [0.1, 0.15) is 10.8 Å². The second-order valence-electron chi connectivity index (χ2n) is 5.05. The lowest BCUT2D eigenvalue weighted by molar-refractivity contribution is 0.0696. The van der Waals surface area contributed by atoms with Crippen molar-refractivity contribution >= 4 is 33.0 Å². The largest absolute Gasteiger partial charge is 0.495 e. The number of methoxy groups -OCH3 is 1. The number of pyridine rings is 1. The summed E-state index contributed by atoms with van der Waals surface area (Å²) in [6.07, 6.45) is 3.19. The molecule has 0 bridgehead atoms. The zero-order valence-electron chi connectivity index (χ0n) is 13.4. The molecule has 0 amide bonds. The summed E-state index contributed by atoms with van der Waals surface area (Å²) in [7, 11) is -2.64. The highest BCUT2D eigenvalue weighted by molar-refractivity contribution is 7.92. The van der Waals surface area contributed by atoms with E-state index in [9.17, 15) is 13.2 Å². The highest BCUT2D eigenvalue weighted by atomic mass is 32.2. The van der Waals surface area contributed by atoms with E-state index in [1.807, 2.05) is 0 Å². The molecule has 2 heterocycles. The van der Waals surface area contributed by atoms with Gasteiger partial charge >= 0.3 is 5.97 Å². The molecule has 0 atom stereocenters. The van der Waals surface area contributed by atoms with Crippen LogP contribution in [0, 0.1) is 0 Å². The zero-order chi connectivity index (χ0) is 18.7. The van der Waals surface area contributed by atoms with Gasteiger partial charge < -0.3 is 9.84 Å². The van der Waals surface area contributed by atoms with Crippen LogP contribution in [-0.4, -0.2) is 36.6 Å². The van der Waals surface area contributed by atoms with Crippen LogP contribution in [0.2, 0.25) is 0 Å². The van der Waals surface area contributed by atoms with E-state index in [-0.39, 0.29) is 22.0 Å². The lowest BCUT2D eigenvalue weighted by Gasteiger charge is -2.11. The van der Waals surface area contributed by atoms with Gasteiger partial charge in [-0.3, -0.25) is 9.71 Å². The molecule has 0 fully saturated rings. The van der Waals surface area contributed by atoms with Gasteiger partial charge in [-0.15, -0.1) is 11.3 Å². The van der Waals surface area contributed by atoms with Crippen molar-refractivity contribution in [1.29, 1.82) is 0 Å². The van der Waals surface area contributed by atoms with E-state index in [0.717, 1.165) is 5.56 Å². The summed E-state index contributed by atoms with van der Waals surface area (Å²) in [6, 6.07) is 7.32. The zero-order valence-corrected chi connectivity index (χ0v) is 15.0. The van der Waals surface area contributed by atoms with Crippen LogP contribution in [0.4, 0.5) is 5.69 Å². The summed E-state index contributed by atoms with van der Waals surface area (Å²) >= 11 is 1.19. The number of aromatic nitrogens is 2. The van der Waals surface area contributed by atoms with Crippen molar-refractivity contribution in [2.45, 2.75) is 5.03 Å². The first-order chi connectivity index (χ1) is 12.4. The maximum atomic E-state index is 12.6. The van der Waals surface area contributed by atoms with Crippen LogP contribution < -0.4 is 9.46 Å². The van der Waals surface area contributed by atoms with E-state index in [1.54, 1.807) is 24.5 Å². The van der Waals surface area contributed by atoms with Crippen molar-refractivity contribution in [3.63, 3.8) is 0 Å². The van der Waals surface area contributed by atoms with Crippen LogP contribution in [-0.2, 0) is 10.0 Å². The number of nitrogens with zero attached hydrogens (tertiary/aromatic N) is 2. The molecule has 3 aromatic rings. The molecule has 0 aliphatic carbocycles. The lowest BCUT2D eigenvalue weighted by atomic mass is 10.2. The maximum absolute atomic E-state index is 12.6. The van der Waals surface area contributed by atoms with Gasteiger partial charge in [0.2, 0.25) is 0 Å². The highest BCUT2D eigenvalue weighted by Crippen LogP contribution is 2.30. The minimum Gasteiger partial charge on any atom is -0.495 e. The molecule has 0 aliphatic heterocycles. The fourth-order valence-corrected chi connectivity index (χ4v) is 4.29. The first-order valence-electron chi connectivity index (χ1n) is 7.21. The minimum absolute atomic E-state index is 0.0153. The van der Waals surface area contributed by atoms with Crippen molar-refractivity contribution in [3.8, 4) is 16.3 Å². The van der Waals surface area contributed by atoms with Gasteiger partial charge in [-0.25, -0.2) is 9.78 Å². The fourth-order valence-electron chi connectivity index (χ4n) is 2.12. The number of carboxylic acids is 1. The fraction of sp³-hybridized carbons (Fsp3) is 0.0625. The maximum Gasteiger partial charge on any atom is 0.335 e. The molecule has 134 valence electrons. The standard InChI is InChI=1S/C16H13N3O5S2/c1-24-13-8-11(16(20)21)2-3-12(13)19-26(22,23)14-9-25-15(18-14)10-4-6-17-7-5-10/h2-9,19H,1H3,(H,20,21). The molecule has 2 aromatic heterocycles. The molecule has 0 aliphatic rings. The van der Waals surface area contributed by atoms with Gasteiger partial charge in [0.15, 0.2) is 5.03 Å².